The molecule has 1 fully saturated rings. The number of hydrogen-bond acceptors (Lipinski definition) is 3. The molecule has 1 aliphatic rings. The van der Waals surface area contributed by atoms with Gasteiger partial charge < -0.3 is 5.32 Å². The van der Waals surface area contributed by atoms with E-state index in [-0.39, 0.29) is 5.41 Å². The second-order valence-electron chi connectivity index (χ2n) is 6.64. The fourth-order valence-electron chi connectivity index (χ4n) is 3.20. The molecule has 0 amide bonds. The van der Waals surface area contributed by atoms with Crippen LogP contribution in [0, 0.1) is 26.2 Å². The third-order valence-electron chi connectivity index (χ3n) is 4.25. The molecule has 5 heteroatoms. The summed E-state index contributed by atoms with van der Waals surface area (Å²) in [7, 11) is -3.45. The first-order valence-electron chi connectivity index (χ1n) is 7.52. The molecule has 1 saturated heterocycles. The molecular weight excluding hydrogens is 284 g/mol. The average Bonchev–Trinajstić information content (AvgIpc) is 2.36. The van der Waals surface area contributed by atoms with Crippen LogP contribution in [-0.4, -0.2) is 28.1 Å². The maximum atomic E-state index is 12.6. The van der Waals surface area contributed by atoms with Gasteiger partial charge in [-0.2, -0.15) is 0 Å². The van der Waals surface area contributed by atoms with E-state index < -0.39 is 10.0 Å². The summed E-state index contributed by atoms with van der Waals surface area (Å²) in [6.07, 6.45) is 2.15. The molecule has 2 rings (SSSR count). The van der Waals surface area contributed by atoms with Gasteiger partial charge in [-0.25, -0.2) is 13.1 Å². The first kappa shape index (κ1) is 16.5. The van der Waals surface area contributed by atoms with Crippen LogP contribution in [0.15, 0.2) is 17.0 Å². The number of piperidine rings is 1. The van der Waals surface area contributed by atoms with E-state index in [1.165, 1.54) is 0 Å². The first-order valence-corrected chi connectivity index (χ1v) is 9.00. The van der Waals surface area contributed by atoms with Crippen LogP contribution in [0.4, 0.5) is 0 Å². The fourth-order valence-corrected chi connectivity index (χ4v) is 4.85. The molecule has 1 aromatic rings. The van der Waals surface area contributed by atoms with Crippen LogP contribution < -0.4 is 10.0 Å². The molecule has 1 heterocycles. The van der Waals surface area contributed by atoms with E-state index >= 15 is 0 Å². The Morgan fingerprint density at radius 2 is 1.86 bits per heavy atom. The summed E-state index contributed by atoms with van der Waals surface area (Å²) >= 11 is 0. The standard InChI is InChI=1S/C16H26N2O2S/c1-12-8-13(2)15(14(3)9-12)21(19,20)18-11-16(4)6-5-7-17-10-16/h8-9,17-18H,5-7,10-11H2,1-4H3. The lowest BCUT2D eigenvalue weighted by Crippen LogP contribution is -2.45. The first-order chi connectivity index (χ1) is 9.73. The molecule has 1 unspecified atom stereocenters. The number of rotatable bonds is 4. The van der Waals surface area contributed by atoms with Crippen molar-refractivity contribution in [2.45, 2.75) is 45.4 Å². The predicted molar refractivity (Wildman–Crippen MR) is 86.1 cm³/mol. The van der Waals surface area contributed by atoms with Gasteiger partial charge in [0, 0.05) is 13.1 Å². The van der Waals surface area contributed by atoms with Crippen molar-refractivity contribution >= 4 is 10.0 Å². The summed E-state index contributed by atoms with van der Waals surface area (Å²) in [5.41, 5.74) is 2.71. The van der Waals surface area contributed by atoms with Crippen LogP contribution in [0.1, 0.15) is 36.5 Å². The average molecular weight is 310 g/mol. The number of sulfonamides is 1. The van der Waals surface area contributed by atoms with Gasteiger partial charge in [-0.05, 0) is 56.7 Å². The van der Waals surface area contributed by atoms with Crippen molar-refractivity contribution in [2.75, 3.05) is 19.6 Å². The van der Waals surface area contributed by atoms with Gasteiger partial charge in [-0.1, -0.05) is 24.6 Å². The number of nitrogens with one attached hydrogen (secondary N) is 2. The minimum absolute atomic E-state index is 0.00216. The molecule has 21 heavy (non-hydrogen) atoms. The summed E-state index contributed by atoms with van der Waals surface area (Å²) in [5.74, 6) is 0. The molecule has 4 nitrogen and oxygen atoms in total. The molecule has 0 radical (unpaired) electrons. The molecular formula is C16H26N2O2S. The second kappa shape index (κ2) is 6.07. The Morgan fingerprint density at radius 1 is 1.24 bits per heavy atom. The maximum absolute atomic E-state index is 12.6. The minimum Gasteiger partial charge on any atom is -0.316 e. The molecule has 0 saturated carbocycles. The summed E-state index contributed by atoms with van der Waals surface area (Å²) in [4.78, 5) is 0.431. The quantitative estimate of drug-likeness (QED) is 0.897. The van der Waals surface area contributed by atoms with Gasteiger partial charge in [0.15, 0.2) is 0 Å². The van der Waals surface area contributed by atoms with Crippen molar-refractivity contribution in [1.82, 2.24) is 10.0 Å². The highest BCUT2D eigenvalue weighted by Gasteiger charge is 2.29. The van der Waals surface area contributed by atoms with E-state index in [9.17, 15) is 8.42 Å². The molecule has 1 atom stereocenters. The second-order valence-corrected chi connectivity index (χ2v) is 8.35. The fraction of sp³-hybridized carbons (Fsp3) is 0.625. The third kappa shape index (κ3) is 3.84. The Balaban J connectivity index is 2.19. The topological polar surface area (TPSA) is 58.2 Å². The van der Waals surface area contributed by atoms with Crippen LogP contribution >= 0.6 is 0 Å². The lowest BCUT2D eigenvalue weighted by Gasteiger charge is -2.34. The zero-order valence-electron chi connectivity index (χ0n) is 13.4. The van der Waals surface area contributed by atoms with Crippen molar-refractivity contribution in [3.63, 3.8) is 0 Å². The largest absolute Gasteiger partial charge is 0.316 e. The summed E-state index contributed by atoms with van der Waals surface area (Å²) in [6, 6.07) is 3.84. The highest BCUT2D eigenvalue weighted by molar-refractivity contribution is 7.89. The van der Waals surface area contributed by atoms with Crippen molar-refractivity contribution in [2.24, 2.45) is 5.41 Å². The lowest BCUT2D eigenvalue weighted by atomic mass is 9.83. The van der Waals surface area contributed by atoms with E-state index in [0.717, 1.165) is 42.6 Å². The van der Waals surface area contributed by atoms with Crippen molar-refractivity contribution < 1.29 is 8.42 Å². The summed E-state index contributed by atoms with van der Waals surface area (Å²) in [6.45, 7) is 10.2. The monoisotopic (exact) mass is 310 g/mol. The number of hydrogen-bond donors (Lipinski definition) is 2. The maximum Gasteiger partial charge on any atom is 0.241 e. The Bertz CT molecular complexity index is 594. The van der Waals surface area contributed by atoms with Crippen LogP contribution in [0.2, 0.25) is 0 Å². The van der Waals surface area contributed by atoms with E-state index in [1.807, 2.05) is 32.9 Å². The van der Waals surface area contributed by atoms with Gasteiger partial charge in [0.25, 0.3) is 0 Å². The van der Waals surface area contributed by atoms with Gasteiger partial charge in [0.2, 0.25) is 10.0 Å². The molecule has 0 bridgehead atoms. The normalized spacial score (nSPS) is 23.2. The zero-order chi connectivity index (χ0) is 15.7. The molecule has 118 valence electrons. The molecule has 0 spiro atoms. The molecule has 1 aliphatic heterocycles. The molecule has 1 aromatic carbocycles. The van der Waals surface area contributed by atoms with Gasteiger partial charge in [-0.15, -0.1) is 0 Å². The molecule has 0 aliphatic carbocycles. The van der Waals surface area contributed by atoms with Crippen LogP contribution in [0.25, 0.3) is 0 Å². The molecule has 0 aromatic heterocycles. The van der Waals surface area contributed by atoms with Gasteiger partial charge >= 0.3 is 0 Å². The minimum atomic E-state index is -3.45. The lowest BCUT2D eigenvalue weighted by molar-refractivity contribution is 0.238. The smallest absolute Gasteiger partial charge is 0.241 e. The highest BCUT2D eigenvalue weighted by atomic mass is 32.2. The van der Waals surface area contributed by atoms with E-state index in [4.69, 9.17) is 0 Å². The van der Waals surface area contributed by atoms with Gasteiger partial charge in [0.05, 0.1) is 4.90 Å². The zero-order valence-corrected chi connectivity index (χ0v) is 14.2. The van der Waals surface area contributed by atoms with Gasteiger partial charge in [-0.3, -0.25) is 0 Å². The van der Waals surface area contributed by atoms with Crippen LogP contribution in [-0.2, 0) is 10.0 Å². The van der Waals surface area contributed by atoms with Crippen LogP contribution in [0.5, 0.6) is 0 Å². The van der Waals surface area contributed by atoms with Crippen molar-refractivity contribution in [1.29, 1.82) is 0 Å². The number of benzene rings is 1. The Kier molecular flexibility index (Phi) is 4.76. The Morgan fingerprint density at radius 3 is 2.38 bits per heavy atom. The van der Waals surface area contributed by atoms with E-state index in [1.54, 1.807) is 0 Å². The Hall–Kier alpha value is -0.910. The summed E-state index contributed by atoms with van der Waals surface area (Å²) < 4.78 is 28.1. The van der Waals surface area contributed by atoms with E-state index in [0.29, 0.717) is 11.4 Å². The van der Waals surface area contributed by atoms with Crippen molar-refractivity contribution in [3.8, 4) is 0 Å². The highest BCUT2D eigenvalue weighted by Crippen LogP contribution is 2.26. The Labute approximate surface area is 128 Å². The SMILES string of the molecule is Cc1cc(C)c(S(=O)(=O)NCC2(C)CCCNC2)c(C)c1. The molecule has 2 N–H and O–H groups in total. The predicted octanol–water partition coefficient (Wildman–Crippen LogP) is 2.28. The van der Waals surface area contributed by atoms with Gasteiger partial charge in [0.1, 0.15) is 0 Å². The third-order valence-corrected chi connectivity index (χ3v) is 5.95. The number of aryl methyl sites for hydroxylation is 3. The van der Waals surface area contributed by atoms with Crippen molar-refractivity contribution in [3.05, 3.63) is 28.8 Å². The summed E-state index contributed by atoms with van der Waals surface area (Å²) in [5, 5.41) is 3.35. The van der Waals surface area contributed by atoms with E-state index in [2.05, 4.69) is 17.0 Å². The van der Waals surface area contributed by atoms with Crippen LogP contribution in [0.3, 0.4) is 0 Å².